The predicted octanol–water partition coefficient (Wildman–Crippen LogP) is 1.82. The van der Waals surface area contributed by atoms with Gasteiger partial charge in [0.1, 0.15) is 24.2 Å². The van der Waals surface area contributed by atoms with Crippen LogP contribution in [0.1, 0.15) is 6.42 Å². The molecule has 2 aromatic rings. The molecule has 0 aliphatic carbocycles. The number of cyclic esters (lactones) is 1. The van der Waals surface area contributed by atoms with Crippen molar-refractivity contribution in [3.8, 4) is 0 Å². The molecule has 4 aliphatic rings. The highest BCUT2D eigenvalue weighted by atomic mass is 16.6. The van der Waals surface area contributed by atoms with E-state index in [1.165, 1.54) is 4.90 Å². The SMILES string of the molecule is O=C1OCC=C[C@@H]2O[C@]34C=CCN(c5ccc6ccccc6c5)C(=O)C3N(CCCO)C(=O)[C@@H]4[C@H]12. The lowest BCUT2D eigenvalue weighted by Gasteiger charge is -2.35. The number of carbonyl (C=O) groups excluding carboxylic acids is 3. The summed E-state index contributed by atoms with van der Waals surface area (Å²) >= 11 is 0. The lowest BCUT2D eigenvalue weighted by Crippen LogP contribution is -2.55. The van der Waals surface area contributed by atoms with Crippen molar-refractivity contribution >= 4 is 34.2 Å². The van der Waals surface area contributed by atoms with Gasteiger partial charge < -0.3 is 24.4 Å². The Morgan fingerprint density at radius 2 is 1.86 bits per heavy atom. The van der Waals surface area contributed by atoms with Crippen molar-refractivity contribution in [2.75, 3.05) is 31.2 Å². The van der Waals surface area contributed by atoms with Crippen molar-refractivity contribution in [1.82, 2.24) is 4.90 Å². The fourth-order valence-corrected chi connectivity index (χ4v) is 6.03. The molecule has 5 atom stereocenters. The van der Waals surface area contributed by atoms with Gasteiger partial charge in [0, 0.05) is 25.4 Å². The maximum absolute atomic E-state index is 14.2. The minimum Gasteiger partial charge on any atom is -0.461 e. The molecule has 2 fully saturated rings. The number of rotatable bonds is 4. The number of carbonyl (C=O) groups is 3. The summed E-state index contributed by atoms with van der Waals surface area (Å²) in [6.07, 6.45) is 6.79. The van der Waals surface area contributed by atoms with Gasteiger partial charge in [-0.15, -0.1) is 0 Å². The highest BCUT2D eigenvalue weighted by molar-refractivity contribution is 6.06. The molecule has 35 heavy (non-hydrogen) atoms. The molecule has 1 unspecified atom stereocenters. The Labute approximate surface area is 202 Å². The van der Waals surface area contributed by atoms with Crippen LogP contribution in [-0.4, -0.2) is 71.8 Å². The summed E-state index contributed by atoms with van der Waals surface area (Å²) in [5.41, 5.74) is -0.564. The number of esters is 1. The van der Waals surface area contributed by atoms with Crippen LogP contribution in [0.25, 0.3) is 10.8 Å². The molecule has 1 spiro atoms. The summed E-state index contributed by atoms with van der Waals surface area (Å²) in [4.78, 5) is 44.0. The van der Waals surface area contributed by atoms with Gasteiger partial charge in [0.15, 0.2) is 0 Å². The topological polar surface area (TPSA) is 96.4 Å². The van der Waals surface area contributed by atoms with Gasteiger partial charge in [-0.3, -0.25) is 14.4 Å². The third-order valence-corrected chi connectivity index (χ3v) is 7.52. The van der Waals surface area contributed by atoms with Crippen molar-refractivity contribution in [2.24, 2.45) is 11.8 Å². The van der Waals surface area contributed by atoms with Gasteiger partial charge in [-0.25, -0.2) is 0 Å². The Morgan fingerprint density at radius 3 is 2.69 bits per heavy atom. The van der Waals surface area contributed by atoms with Crippen LogP contribution in [0.5, 0.6) is 0 Å². The Hall–Kier alpha value is -3.49. The first-order valence-electron chi connectivity index (χ1n) is 12.0. The van der Waals surface area contributed by atoms with E-state index in [1.54, 1.807) is 23.1 Å². The van der Waals surface area contributed by atoms with Gasteiger partial charge in [0.2, 0.25) is 5.91 Å². The first-order chi connectivity index (χ1) is 17.0. The van der Waals surface area contributed by atoms with Crippen molar-refractivity contribution in [2.45, 2.75) is 24.2 Å². The first kappa shape index (κ1) is 22.0. The second-order valence-corrected chi connectivity index (χ2v) is 9.39. The number of fused-ring (bicyclic) bond motifs is 3. The van der Waals surface area contributed by atoms with E-state index < -0.39 is 35.6 Å². The fraction of sp³-hybridized carbons (Fsp3) is 0.370. The highest BCUT2D eigenvalue weighted by Gasteiger charge is 2.71. The van der Waals surface area contributed by atoms with Crippen LogP contribution in [0.15, 0.2) is 66.8 Å². The van der Waals surface area contributed by atoms with Crippen LogP contribution < -0.4 is 4.90 Å². The molecule has 2 aromatic carbocycles. The summed E-state index contributed by atoms with van der Waals surface area (Å²) in [5, 5.41) is 11.5. The molecule has 6 rings (SSSR count). The number of aliphatic hydroxyl groups is 1. The van der Waals surface area contributed by atoms with E-state index in [2.05, 4.69) is 0 Å². The van der Waals surface area contributed by atoms with Crippen LogP contribution in [0.4, 0.5) is 5.69 Å². The minimum atomic E-state index is -1.29. The largest absolute Gasteiger partial charge is 0.461 e. The number of amides is 2. The maximum atomic E-state index is 14.2. The quantitative estimate of drug-likeness (QED) is 0.537. The van der Waals surface area contributed by atoms with E-state index in [0.717, 1.165) is 16.5 Å². The molecule has 180 valence electrons. The van der Waals surface area contributed by atoms with Gasteiger partial charge in [0.25, 0.3) is 5.91 Å². The molecule has 0 radical (unpaired) electrons. The normalized spacial score (nSPS) is 31.7. The molecule has 2 saturated heterocycles. The summed E-state index contributed by atoms with van der Waals surface area (Å²) in [6, 6.07) is 12.8. The number of ether oxygens (including phenoxy) is 2. The third-order valence-electron chi connectivity index (χ3n) is 7.52. The molecular formula is C27H26N2O6. The zero-order valence-electron chi connectivity index (χ0n) is 19.1. The van der Waals surface area contributed by atoms with Crippen LogP contribution in [0.3, 0.4) is 0 Å². The minimum absolute atomic E-state index is 0.121. The number of likely N-dealkylation sites (tertiary alicyclic amines) is 1. The Morgan fingerprint density at radius 1 is 1.03 bits per heavy atom. The average Bonchev–Trinajstić information content (AvgIpc) is 3.16. The number of hydrogen-bond acceptors (Lipinski definition) is 6. The zero-order chi connectivity index (χ0) is 24.2. The lowest BCUT2D eigenvalue weighted by molar-refractivity contribution is -0.152. The van der Waals surface area contributed by atoms with E-state index in [-0.39, 0.29) is 31.6 Å². The van der Waals surface area contributed by atoms with Crippen LogP contribution >= 0.6 is 0 Å². The molecule has 4 heterocycles. The highest BCUT2D eigenvalue weighted by Crippen LogP contribution is 2.53. The zero-order valence-corrected chi connectivity index (χ0v) is 19.1. The molecule has 8 nitrogen and oxygen atoms in total. The van der Waals surface area contributed by atoms with Gasteiger partial charge in [-0.2, -0.15) is 0 Å². The van der Waals surface area contributed by atoms with Gasteiger partial charge in [-0.1, -0.05) is 48.6 Å². The predicted molar refractivity (Wildman–Crippen MR) is 127 cm³/mol. The van der Waals surface area contributed by atoms with Crippen molar-refractivity contribution in [3.63, 3.8) is 0 Å². The fourth-order valence-electron chi connectivity index (χ4n) is 6.03. The van der Waals surface area contributed by atoms with E-state index in [1.807, 2.05) is 48.5 Å². The Kier molecular flexibility index (Phi) is 5.23. The molecular weight excluding hydrogens is 448 g/mol. The van der Waals surface area contributed by atoms with Crippen LogP contribution in [0.2, 0.25) is 0 Å². The number of aliphatic hydroxyl groups excluding tert-OH is 1. The first-order valence-corrected chi connectivity index (χ1v) is 12.0. The van der Waals surface area contributed by atoms with Crippen LogP contribution in [-0.2, 0) is 23.9 Å². The second kappa shape index (κ2) is 8.32. The number of benzene rings is 2. The van der Waals surface area contributed by atoms with Crippen LogP contribution in [0, 0.1) is 11.8 Å². The van der Waals surface area contributed by atoms with Gasteiger partial charge in [0.05, 0.1) is 12.0 Å². The van der Waals surface area contributed by atoms with Crippen molar-refractivity contribution < 1.29 is 29.0 Å². The monoisotopic (exact) mass is 474 g/mol. The van der Waals surface area contributed by atoms with E-state index in [9.17, 15) is 19.5 Å². The number of nitrogens with zero attached hydrogens (tertiary/aromatic N) is 2. The summed E-state index contributed by atoms with van der Waals surface area (Å²) in [7, 11) is 0. The van der Waals surface area contributed by atoms with E-state index in [4.69, 9.17) is 9.47 Å². The molecule has 0 saturated carbocycles. The molecule has 4 aliphatic heterocycles. The lowest BCUT2D eigenvalue weighted by atomic mass is 9.78. The second-order valence-electron chi connectivity index (χ2n) is 9.39. The third kappa shape index (κ3) is 3.24. The standard InChI is InChI=1S/C27H26N2O6/c30-14-5-13-29-23-25(32)28(19-10-9-17-6-1-2-7-18(17)16-19)12-4-11-27(23)22(24(29)31)21-20(35-27)8-3-15-34-26(21)33/h1-4,6-11,16,20-23,30H,5,12-15H2/t20-,21+,22-,23?,27-/m0/s1. The van der Waals surface area contributed by atoms with E-state index in [0.29, 0.717) is 13.0 Å². The van der Waals surface area contributed by atoms with Crippen molar-refractivity contribution in [3.05, 3.63) is 66.8 Å². The smallest absolute Gasteiger partial charge is 0.313 e. The molecule has 2 amide bonds. The van der Waals surface area contributed by atoms with Gasteiger partial charge >= 0.3 is 5.97 Å². The van der Waals surface area contributed by atoms with E-state index >= 15 is 0 Å². The summed E-state index contributed by atoms with van der Waals surface area (Å²) in [5.74, 6) is -2.78. The Balaban J connectivity index is 1.45. The number of hydrogen-bond donors (Lipinski definition) is 1. The van der Waals surface area contributed by atoms with Crippen molar-refractivity contribution in [1.29, 1.82) is 0 Å². The molecule has 1 N–H and O–H groups in total. The summed E-state index contributed by atoms with van der Waals surface area (Å²) < 4.78 is 11.8. The summed E-state index contributed by atoms with van der Waals surface area (Å²) in [6.45, 7) is 0.508. The molecule has 0 bridgehead atoms. The number of anilines is 1. The molecule has 8 heteroatoms. The maximum Gasteiger partial charge on any atom is 0.313 e. The average molecular weight is 475 g/mol. The molecule has 0 aromatic heterocycles. The van der Waals surface area contributed by atoms with Gasteiger partial charge in [-0.05, 0) is 35.4 Å². The Bertz CT molecular complexity index is 1270.